The summed E-state index contributed by atoms with van der Waals surface area (Å²) < 4.78 is 4.80. The van der Waals surface area contributed by atoms with Crippen molar-refractivity contribution >= 4 is 11.7 Å². The first-order chi connectivity index (χ1) is 10.2. The molecular weight excluding hydrogens is 266 g/mol. The molecule has 0 radical (unpaired) electrons. The van der Waals surface area contributed by atoms with Crippen LogP contribution in [0.4, 0.5) is 5.69 Å². The third kappa shape index (κ3) is 3.37. The molecule has 0 bridgehead atoms. The Morgan fingerprint density at radius 3 is 2.86 bits per heavy atom. The lowest BCUT2D eigenvalue weighted by Crippen LogP contribution is -2.20. The number of methoxy groups -OCH3 is 1. The molecule has 2 rings (SSSR count). The van der Waals surface area contributed by atoms with E-state index in [1.807, 2.05) is 36.2 Å². The molecule has 0 fully saturated rings. The monoisotopic (exact) mass is 281 g/mol. The molecule has 0 aliphatic heterocycles. The Labute approximate surface area is 123 Å². The van der Waals surface area contributed by atoms with E-state index in [2.05, 4.69) is 4.98 Å². The first-order valence-electron chi connectivity index (χ1n) is 6.39. The molecule has 1 heterocycles. The number of aromatic nitrogens is 1. The van der Waals surface area contributed by atoms with E-state index >= 15 is 0 Å². The molecule has 0 N–H and O–H groups in total. The van der Waals surface area contributed by atoms with Crippen LogP contribution in [0.3, 0.4) is 0 Å². The maximum Gasteiger partial charge on any atom is 0.339 e. The van der Waals surface area contributed by atoms with Crippen LogP contribution in [0.25, 0.3) is 0 Å². The summed E-state index contributed by atoms with van der Waals surface area (Å²) in [5.41, 5.74) is 2.61. The average Bonchev–Trinajstić information content (AvgIpc) is 2.54. The lowest BCUT2D eigenvalue weighted by molar-refractivity contribution is 0.0601. The number of hydrogen-bond acceptors (Lipinski definition) is 5. The van der Waals surface area contributed by atoms with Crippen molar-refractivity contribution in [2.75, 3.05) is 19.1 Å². The van der Waals surface area contributed by atoms with Crippen molar-refractivity contribution < 1.29 is 9.53 Å². The van der Waals surface area contributed by atoms with Crippen molar-refractivity contribution in [1.29, 1.82) is 5.26 Å². The second-order valence-corrected chi connectivity index (χ2v) is 4.53. The van der Waals surface area contributed by atoms with E-state index in [0.29, 0.717) is 17.8 Å². The number of anilines is 1. The van der Waals surface area contributed by atoms with E-state index in [-0.39, 0.29) is 5.97 Å². The summed E-state index contributed by atoms with van der Waals surface area (Å²) in [6.45, 7) is 0.561. The number of esters is 1. The molecule has 0 saturated carbocycles. The fourth-order valence-electron chi connectivity index (χ4n) is 2.08. The number of rotatable bonds is 4. The van der Waals surface area contributed by atoms with Crippen LogP contribution >= 0.6 is 0 Å². The highest BCUT2D eigenvalue weighted by atomic mass is 16.5. The second-order valence-electron chi connectivity index (χ2n) is 4.53. The van der Waals surface area contributed by atoms with Crippen molar-refractivity contribution in [1.82, 2.24) is 4.98 Å². The molecule has 21 heavy (non-hydrogen) atoms. The predicted octanol–water partition coefficient (Wildman–Crippen LogP) is 2.38. The maximum absolute atomic E-state index is 11.8. The number of carbonyl (C=O) groups is 1. The molecule has 5 nitrogen and oxygen atoms in total. The van der Waals surface area contributed by atoms with Gasteiger partial charge in [-0.05, 0) is 29.8 Å². The molecule has 5 heteroatoms. The molecule has 0 saturated heterocycles. The van der Waals surface area contributed by atoms with E-state index in [1.54, 1.807) is 24.4 Å². The van der Waals surface area contributed by atoms with Gasteiger partial charge in [-0.3, -0.25) is 0 Å². The highest BCUT2D eigenvalue weighted by Crippen LogP contribution is 2.21. The maximum atomic E-state index is 11.8. The molecule has 0 amide bonds. The molecule has 2 aromatic rings. The van der Waals surface area contributed by atoms with Crippen molar-refractivity contribution in [3.05, 3.63) is 59.4 Å². The van der Waals surface area contributed by atoms with Crippen molar-refractivity contribution in [2.45, 2.75) is 6.54 Å². The Balaban J connectivity index is 2.26. The molecule has 1 aromatic heterocycles. The average molecular weight is 281 g/mol. The fraction of sp³-hybridized carbons (Fsp3) is 0.188. The van der Waals surface area contributed by atoms with Crippen LogP contribution in [0.5, 0.6) is 0 Å². The molecule has 0 spiro atoms. The first kappa shape index (κ1) is 14.5. The Hall–Kier alpha value is -2.87. The summed E-state index contributed by atoms with van der Waals surface area (Å²) in [5, 5.41) is 8.87. The number of nitrogens with zero attached hydrogens (tertiary/aromatic N) is 3. The van der Waals surface area contributed by atoms with Crippen LogP contribution in [-0.4, -0.2) is 25.1 Å². The molecule has 106 valence electrons. The molecule has 0 unspecified atom stereocenters. The molecule has 0 atom stereocenters. The molecule has 1 aromatic carbocycles. The van der Waals surface area contributed by atoms with E-state index in [1.165, 1.54) is 7.11 Å². The predicted molar refractivity (Wildman–Crippen MR) is 78.8 cm³/mol. The highest BCUT2D eigenvalue weighted by Gasteiger charge is 2.14. The van der Waals surface area contributed by atoms with Gasteiger partial charge in [0.15, 0.2) is 0 Å². The zero-order valence-corrected chi connectivity index (χ0v) is 11.9. The van der Waals surface area contributed by atoms with Gasteiger partial charge in [0.05, 0.1) is 18.4 Å². The van der Waals surface area contributed by atoms with Gasteiger partial charge in [-0.2, -0.15) is 5.26 Å². The van der Waals surface area contributed by atoms with Crippen molar-refractivity contribution in [2.24, 2.45) is 0 Å². The van der Waals surface area contributed by atoms with Crippen LogP contribution in [-0.2, 0) is 11.3 Å². The summed E-state index contributed by atoms with van der Waals surface area (Å²) in [7, 11) is 3.25. The van der Waals surface area contributed by atoms with Crippen LogP contribution in [0, 0.1) is 11.3 Å². The minimum atomic E-state index is -0.370. The van der Waals surface area contributed by atoms with Gasteiger partial charge in [0, 0.05) is 19.8 Å². The van der Waals surface area contributed by atoms with E-state index in [0.717, 1.165) is 11.3 Å². The van der Waals surface area contributed by atoms with E-state index in [4.69, 9.17) is 10.00 Å². The second kappa shape index (κ2) is 6.53. The number of pyridine rings is 1. The lowest BCUT2D eigenvalue weighted by atomic mass is 10.1. The number of para-hydroxylation sites is 1. The lowest BCUT2D eigenvalue weighted by Gasteiger charge is -2.21. The van der Waals surface area contributed by atoms with Gasteiger partial charge in [0.25, 0.3) is 0 Å². The standard InChI is InChI=1S/C16H15N3O2/c1-19(11-12-7-8-18-13(9-12)10-17)15-6-4-3-5-14(15)16(20)21-2/h3-9H,11H2,1-2H3. The van der Waals surface area contributed by atoms with E-state index < -0.39 is 0 Å². The minimum absolute atomic E-state index is 0.370. The SMILES string of the molecule is COC(=O)c1ccccc1N(C)Cc1ccnc(C#N)c1. The third-order valence-corrected chi connectivity index (χ3v) is 3.08. The Morgan fingerprint density at radius 2 is 2.14 bits per heavy atom. The van der Waals surface area contributed by atoms with Gasteiger partial charge in [-0.15, -0.1) is 0 Å². The van der Waals surface area contributed by atoms with E-state index in [9.17, 15) is 4.79 Å². The van der Waals surface area contributed by atoms with Gasteiger partial charge >= 0.3 is 5.97 Å². The molecular formula is C16H15N3O2. The normalized spacial score (nSPS) is 9.76. The Morgan fingerprint density at radius 1 is 1.38 bits per heavy atom. The van der Waals surface area contributed by atoms with Crippen molar-refractivity contribution in [3.8, 4) is 6.07 Å². The molecule has 0 aliphatic rings. The number of hydrogen-bond donors (Lipinski definition) is 0. The quantitative estimate of drug-likeness (QED) is 0.805. The Bertz CT molecular complexity index is 692. The van der Waals surface area contributed by atoms with Crippen molar-refractivity contribution in [3.63, 3.8) is 0 Å². The number of ether oxygens (including phenoxy) is 1. The number of carbonyl (C=O) groups excluding carboxylic acids is 1. The van der Waals surface area contributed by atoms with Gasteiger partial charge in [-0.1, -0.05) is 12.1 Å². The van der Waals surface area contributed by atoms with Crippen LogP contribution < -0.4 is 4.90 Å². The Kier molecular flexibility index (Phi) is 4.52. The topological polar surface area (TPSA) is 66.2 Å². The summed E-state index contributed by atoms with van der Waals surface area (Å²) >= 11 is 0. The van der Waals surface area contributed by atoms with Crippen LogP contribution in [0.15, 0.2) is 42.6 Å². The fourth-order valence-corrected chi connectivity index (χ4v) is 2.08. The highest BCUT2D eigenvalue weighted by molar-refractivity contribution is 5.95. The zero-order valence-electron chi connectivity index (χ0n) is 11.9. The number of benzene rings is 1. The number of nitriles is 1. The smallest absolute Gasteiger partial charge is 0.339 e. The zero-order chi connectivity index (χ0) is 15.2. The summed E-state index contributed by atoms with van der Waals surface area (Å²) in [6.07, 6.45) is 1.61. The van der Waals surface area contributed by atoms with Crippen LogP contribution in [0.1, 0.15) is 21.6 Å². The first-order valence-corrected chi connectivity index (χ1v) is 6.39. The van der Waals surface area contributed by atoms with Gasteiger partial charge < -0.3 is 9.64 Å². The largest absolute Gasteiger partial charge is 0.465 e. The summed E-state index contributed by atoms with van der Waals surface area (Å²) in [6, 6.07) is 12.8. The third-order valence-electron chi connectivity index (χ3n) is 3.08. The van der Waals surface area contributed by atoms with Gasteiger partial charge in [-0.25, -0.2) is 9.78 Å². The minimum Gasteiger partial charge on any atom is -0.465 e. The molecule has 0 aliphatic carbocycles. The summed E-state index contributed by atoms with van der Waals surface area (Å²) in [5.74, 6) is -0.370. The summed E-state index contributed by atoms with van der Waals surface area (Å²) in [4.78, 5) is 17.7. The van der Waals surface area contributed by atoms with Gasteiger partial charge in [0.1, 0.15) is 11.8 Å². The van der Waals surface area contributed by atoms with Gasteiger partial charge in [0.2, 0.25) is 0 Å². The van der Waals surface area contributed by atoms with Crippen LogP contribution in [0.2, 0.25) is 0 Å².